The lowest BCUT2D eigenvalue weighted by molar-refractivity contribution is -0.218. The molecule has 11 heteroatoms. The van der Waals surface area contributed by atoms with Crippen molar-refractivity contribution in [2.45, 2.75) is 62.4 Å². The smallest absolute Gasteiger partial charge is 0.335 e. The van der Waals surface area contributed by atoms with Crippen molar-refractivity contribution in [1.82, 2.24) is 19.7 Å². The molecule has 1 aromatic heterocycles. The van der Waals surface area contributed by atoms with E-state index in [0.717, 1.165) is 25.7 Å². The summed E-state index contributed by atoms with van der Waals surface area (Å²) in [6, 6.07) is 0. The molecule has 5 rings (SSSR count). The number of ether oxygens (including phenoxy) is 4. The number of amides is 1. The molecule has 2 saturated heterocycles. The molecule has 1 saturated carbocycles. The van der Waals surface area contributed by atoms with Gasteiger partial charge in [0.05, 0.1) is 5.57 Å². The molecule has 1 aliphatic carbocycles. The maximum Gasteiger partial charge on any atom is 0.335 e. The molecule has 3 aliphatic heterocycles. The lowest BCUT2D eigenvalue weighted by Crippen LogP contribution is -2.35. The zero-order valence-electron chi connectivity index (χ0n) is 17.2. The van der Waals surface area contributed by atoms with Crippen molar-refractivity contribution < 1.29 is 28.5 Å². The molecule has 4 atom stereocenters. The van der Waals surface area contributed by atoms with Crippen LogP contribution in [0.3, 0.4) is 0 Å². The van der Waals surface area contributed by atoms with Crippen LogP contribution in [0.1, 0.15) is 49.0 Å². The number of aromatic nitrogens is 3. The number of rotatable bonds is 5. The molecule has 0 aromatic carbocycles. The molecule has 4 heterocycles. The zero-order valence-corrected chi connectivity index (χ0v) is 17.2. The molecular formula is C20H25N5O6. The Morgan fingerprint density at radius 3 is 2.77 bits per heavy atom. The van der Waals surface area contributed by atoms with Crippen molar-refractivity contribution in [3.63, 3.8) is 0 Å². The van der Waals surface area contributed by atoms with Gasteiger partial charge in [-0.2, -0.15) is 0 Å². The van der Waals surface area contributed by atoms with Crippen LogP contribution in [0, 0.1) is 0 Å². The summed E-state index contributed by atoms with van der Waals surface area (Å²) < 4.78 is 25.7. The van der Waals surface area contributed by atoms with Crippen molar-refractivity contribution in [3.8, 4) is 0 Å². The van der Waals surface area contributed by atoms with Gasteiger partial charge in [0.25, 0.3) is 5.91 Å². The van der Waals surface area contributed by atoms with E-state index in [4.69, 9.17) is 24.7 Å². The Balaban J connectivity index is 1.32. The van der Waals surface area contributed by atoms with Crippen LogP contribution in [0.4, 0.5) is 0 Å². The Bertz CT molecular complexity index is 936. The Morgan fingerprint density at radius 2 is 2.06 bits per heavy atom. The molecule has 31 heavy (non-hydrogen) atoms. The third-order valence-corrected chi connectivity index (χ3v) is 6.02. The molecule has 2 N–H and O–H groups in total. The number of nitrogens with zero attached hydrogens (tertiary/aromatic N) is 4. The predicted octanol–water partition coefficient (Wildman–Crippen LogP) is 0.605. The standard InChI is InChI=1S/C20H25N5O6/c1-24-8-4-5-12(9-24)19(27)28-10-13-14-15(31-20(30-14)6-2-3-7-20)18(29-13)25-11-22-17(23-25)16(21)26/h4,8-9,11,13-15,18H,2-3,5-7,10H2,1H3,(H2,21,26)/t13-,14-,15-,18-/m1/s1. The van der Waals surface area contributed by atoms with Gasteiger partial charge in [-0.05, 0) is 19.0 Å². The Kier molecular flexibility index (Phi) is 5.03. The maximum atomic E-state index is 12.5. The lowest BCUT2D eigenvalue weighted by atomic mass is 10.1. The Labute approximate surface area is 178 Å². The minimum atomic E-state index is -0.727. The van der Waals surface area contributed by atoms with Gasteiger partial charge in [0.2, 0.25) is 5.82 Å². The highest BCUT2D eigenvalue weighted by atomic mass is 16.8. The molecule has 11 nitrogen and oxygen atoms in total. The number of fused-ring (bicyclic) bond motifs is 1. The van der Waals surface area contributed by atoms with Gasteiger partial charge in [0.15, 0.2) is 12.0 Å². The van der Waals surface area contributed by atoms with Gasteiger partial charge >= 0.3 is 5.97 Å². The molecule has 0 radical (unpaired) electrons. The van der Waals surface area contributed by atoms with Crippen molar-refractivity contribution in [3.05, 3.63) is 36.2 Å². The second kappa shape index (κ2) is 7.74. The summed E-state index contributed by atoms with van der Waals surface area (Å²) >= 11 is 0. The highest BCUT2D eigenvalue weighted by molar-refractivity contribution is 5.89. The SMILES string of the molecule is CN1C=CCC(C(=O)OC[C@H]2O[C@@H](n3cnc(C(N)=O)n3)[C@@H]3OC4(CCCC4)O[C@@H]32)=C1. The Hall–Kier alpha value is -2.76. The normalized spacial score (nSPS) is 31.1. The number of nitrogens with two attached hydrogens (primary N) is 1. The summed E-state index contributed by atoms with van der Waals surface area (Å²) in [5.41, 5.74) is 5.84. The second-order valence-corrected chi connectivity index (χ2v) is 8.27. The molecular weight excluding hydrogens is 406 g/mol. The monoisotopic (exact) mass is 431 g/mol. The van der Waals surface area contributed by atoms with Crippen LogP contribution in [-0.2, 0) is 23.7 Å². The van der Waals surface area contributed by atoms with Gasteiger partial charge in [0.1, 0.15) is 31.2 Å². The van der Waals surface area contributed by atoms with E-state index in [1.807, 2.05) is 19.3 Å². The van der Waals surface area contributed by atoms with Gasteiger partial charge in [-0.15, -0.1) is 5.10 Å². The van der Waals surface area contributed by atoms with Crippen molar-refractivity contribution >= 4 is 11.9 Å². The molecule has 0 bridgehead atoms. The number of carbonyl (C=O) groups excluding carboxylic acids is 2. The van der Waals surface area contributed by atoms with E-state index in [-0.39, 0.29) is 12.4 Å². The fourth-order valence-corrected chi connectivity index (χ4v) is 4.58. The fraction of sp³-hybridized carbons (Fsp3) is 0.600. The average Bonchev–Trinajstić information content (AvgIpc) is 3.52. The Morgan fingerprint density at radius 1 is 1.29 bits per heavy atom. The van der Waals surface area contributed by atoms with Crippen LogP contribution in [0.5, 0.6) is 0 Å². The van der Waals surface area contributed by atoms with Crippen LogP contribution < -0.4 is 5.73 Å². The van der Waals surface area contributed by atoms with Crippen molar-refractivity contribution in [2.24, 2.45) is 5.73 Å². The molecule has 1 spiro atoms. The zero-order chi connectivity index (χ0) is 21.6. The van der Waals surface area contributed by atoms with Crippen molar-refractivity contribution in [2.75, 3.05) is 13.7 Å². The van der Waals surface area contributed by atoms with Crippen LogP contribution in [0.2, 0.25) is 0 Å². The number of hydrogen-bond donors (Lipinski definition) is 1. The topological polar surface area (TPSA) is 131 Å². The molecule has 3 fully saturated rings. The first kappa shape index (κ1) is 20.2. The van der Waals surface area contributed by atoms with E-state index in [2.05, 4.69) is 10.1 Å². The largest absolute Gasteiger partial charge is 0.459 e. The first-order chi connectivity index (χ1) is 14.9. The summed E-state index contributed by atoms with van der Waals surface area (Å²) in [6.45, 7) is 0.0120. The third-order valence-electron chi connectivity index (χ3n) is 6.02. The molecule has 1 aromatic rings. The van der Waals surface area contributed by atoms with Crippen LogP contribution in [-0.4, -0.2) is 69.3 Å². The van der Waals surface area contributed by atoms with E-state index >= 15 is 0 Å². The molecule has 166 valence electrons. The summed E-state index contributed by atoms with van der Waals surface area (Å²) in [5, 5.41) is 4.12. The molecule has 4 aliphatic rings. The quantitative estimate of drug-likeness (QED) is 0.666. The van der Waals surface area contributed by atoms with E-state index in [1.54, 1.807) is 11.1 Å². The van der Waals surface area contributed by atoms with Gasteiger partial charge in [-0.1, -0.05) is 6.08 Å². The van der Waals surface area contributed by atoms with Crippen LogP contribution >= 0.6 is 0 Å². The number of carbonyl (C=O) groups is 2. The number of hydrogen-bond acceptors (Lipinski definition) is 9. The van der Waals surface area contributed by atoms with Crippen LogP contribution in [0.25, 0.3) is 0 Å². The highest BCUT2D eigenvalue weighted by Gasteiger charge is 2.60. The first-order valence-corrected chi connectivity index (χ1v) is 10.4. The van der Waals surface area contributed by atoms with E-state index in [1.165, 1.54) is 11.0 Å². The van der Waals surface area contributed by atoms with Crippen molar-refractivity contribution in [1.29, 1.82) is 0 Å². The minimum absolute atomic E-state index is 0.0120. The van der Waals surface area contributed by atoms with Crippen LogP contribution in [0.15, 0.2) is 30.4 Å². The number of allylic oxidation sites excluding steroid dienone is 1. The van der Waals surface area contributed by atoms with E-state index in [9.17, 15) is 9.59 Å². The first-order valence-electron chi connectivity index (χ1n) is 10.4. The second-order valence-electron chi connectivity index (χ2n) is 8.27. The lowest BCUT2D eigenvalue weighted by Gasteiger charge is -2.27. The van der Waals surface area contributed by atoms with Gasteiger partial charge < -0.3 is 29.6 Å². The molecule has 1 amide bonds. The minimum Gasteiger partial charge on any atom is -0.459 e. The average molecular weight is 431 g/mol. The van der Waals surface area contributed by atoms with Gasteiger partial charge in [-0.3, -0.25) is 4.79 Å². The molecule has 0 unspecified atom stereocenters. The summed E-state index contributed by atoms with van der Waals surface area (Å²) in [4.78, 5) is 29.6. The van der Waals surface area contributed by atoms with Gasteiger partial charge in [0, 0.05) is 32.5 Å². The number of esters is 1. The highest BCUT2D eigenvalue weighted by Crippen LogP contribution is 2.49. The maximum absolute atomic E-state index is 12.5. The predicted molar refractivity (Wildman–Crippen MR) is 104 cm³/mol. The number of primary amides is 1. The fourth-order valence-electron chi connectivity index (χ4n) is 4.58. The summed E-state index contributed by atoms with van der Waals surface area (Å²) in [6.07, 6.45) is 8.96. The summed E-state index contributed by atoms with van der Waals surface area (Å²) in [5.74, 6) is -1.88. The van der Waals surface area contributed by atoms with E-state index in [0.29, 0.717) is 12.0 Å². The summed E-state index contributed by atoms with van der Waals surface area (Å²) in [7, 11) is 1.85. The van der Waals surface area contributed by atoms with Gasteiger partial charge in [-0.25, -0.2) is 14.5 Å². The van der Waals surface area contributed by atoms with E-state index < -0.39 is 42.2 Å². The third kappa shape index (κ3) is 3.73.